The molecule has 6 nitrogen and oxygen atoms in total. The van der Waals surface area contributed by atoms with Crippen LogP contribution in [-0.4, -0.2) is 50.5 Å². The van der Waals surface area contributed by atoms with Crippen LogP contribution in [0.25, 0.3) is 0 Å². The summed E-state index contributed by atoms with van der Waals surface area (Å²) in [6, 6.07) is 0. The van der Waals surface area contributed by atoms with Gasteiger partial charge >= 0.3 is 6.09 Å². The Morgan fingerprint density at radius 2 is 2.27 bits per heavy atom. The third-order valence-electron chi connectivity index (χ3n) is 2.31. The molecule has 0 aromatic rings. The van der Waals surface area contributed by atoms with E-state index in [2.05, 4.69) is 4.18 Å². The quantitative estimate of drug-likeness (QED) is 0.716. The lowest BCUT2D eigenvalue weighted by Crippen LogP contribution is -2.40. The van der Waals surface area contributed by atoms with Crippen molar-refractivity contribution in [3.05, 3.63) is 0 Å². The normalized spacial score (nSPS) is 22.7. The molecule has 15 heavy (non-hydrogen) atoms. The van der Waals surface area contributed by atoms with E-state index in [1.54, 1.807) is 0 Å². The molecule has 0 aromatic carbocycles. The Kier molecular flexibility index (Phi) is 3.92. The first-order chi connectivity index (χ1) is 6.88. The van der Waals surface area contributed by atoms with Crippen molar-refractivity contribution in [2.24, 2.45) is 5.92 Å². The van der Waals surface area contributed by atoms with Crippen LogP contribution in [0.1, 0.15) is 12.8 Å². The highest BCUT2D eigenvalue weighted by Gasteiger charge is 2.24. The van der Waals surface area contributed by atoms with Crippen LogP contribution >= 0.6 is 0 Å². The first-order valence-corrected chi connectivity index (χ1v) is 6.52. The van der Waals surface area contributed by atoms with Crippen LogP contribution in [0.15, 0.2) is 0 Å². The summed E-state index contributed by atoms with van der Waals surface area (Å²) >= 11 is 0. The van der Waals surface area contributed by atoms with Gasteiger partial charge in [-0.2, -0.15) is 8.42 Å². The Morgan fingerprint density at radius 3 is 2.80 bits per heavy atom. The summed E-state index contributed by atoms with van der Waals surface area (Å²) in [6.07, 6.45) is 1.59. The molecule has 0 saturated carbocycles. The van der Waals surface area contributed by atoms with E-state index in [1.165, 1.54) is 4.90 Å². The topological polar surface area (TPSA) is 83.9 Å². The fraction of sp³-hybridized carbons (Fsp3) is 0.875. The van der Waals surface area contributed by atoms with Crippen molar-refractivity contribution in [3.63, 3.8) is 0 Å². The molecule has 1 aliphatic rings. The summed E-state index contributed by atoms with van der Waals surface area (Å²) in [5, 5.41) is 8.75. The summed E-state index contributed by atoms with van der Waals surface area (Å²) < 4.78 is 26.1. The van der Waals surface area contributed by atoms with Gasteiger partial charge in [-0.3, -0.25) is 4.18 Å². The van der Waals surface area contributed by atoms with Crippen LogP contribution < -0.4 is 0 Å². The maximum absolute atomic E-state index is 10.7. The van der Waals surface area contributed by atoms with E-state index >= 15 is 0 Å². The summed E-state index contributed by atoms with van der Waals surface area (Å²) in [5.41, 5.74) is 0. The van der Waals surface area contributed by atoms with Crippen LogP contribution in [0.5, 0.6) is 0 Å². The van der Waals surface area contributed by atoms with E-state index in [4.69, 9.17) is 5.11 Å². The Bertz CT molecular complexity index is 326. The number of hydrogen-bond acceptors (Lipinski definition) is 4. The number of hydrogen-bond donors (Lipinski definition) is 1. The van der Waals surface area contributed by atoms with Crippen LogP contribution in [0.2, 0.25) is 0 Å². The fourth-order valence-electron chi connectivity index (χ4n) is 1.59. The highest BCUT2D eigenvalue weighted by atomic mass is 32.2. The van der Waals surface area contributed by atoms with E-state index in [0.29, 0.717) is 13.1 Å². The lowest BCUT2D eigenvalue weighted by Gasteiger charge is -2.30. The fourth-order valence-corrected chi connectivity index (χ4v) is 2.03. The van der Waals surface area contributed by atoms with Gasteiger partial charge in [-0.15, -0.1) is 0 Å². The largest absolute Gasteiger partial charge is 0.465 e. The predicted octanol–water partition coefficient (Wildman–Crippen LogP) is 0.353. The maximum Gasteiger partial charge on any atom is 0.407 e. The second-order valence-corrected chi connectivity index (χ2v) is 5.37. The smallest absolute Gasteiger partial charge is 0.407 e. The average Bonchev–Trinajstić information content (AvgIpc) is 2.14. The average molecular weight is 237 g/mol. The molecular formula is C8H15NO5S. The number of piperidine rings is 1. The number of nitrogens with zero attached hydrogens (tertiary/aromatic N) is 1. The second kappa shape index (κ2) is 4.80. The van der Waals surface area contributed by atoms with Gasteiger partial charge in [0.15, 0.2) is 0 Å². The minimum absolute atomic E-state index is 0.0235. The molecule has 1 saturated heterocycles. The number of amides is 1. The van der Waals surface area contributed by atoms with Crippen molar-refractivity contribution in [1.82, 2.24) is 4.90 Å². The molecule has 0 spiro atoms. The van der Waals surface area contributed by atoms with Crippen molar-refractivity contribution in [1.29, 1.82) is 0 Å². The first-order valence-electron chi connectivity index (χ1n) is 4.71. The Balaban J connectivity index is 2.40. The van der Waals surface area contributed by atoms with E-state index in [0.717, 1.165) is 19.1 Å². The Labute approximate surface area is 89.0 Å². The molecule has 1 rings (SSSR count). The summed E-state index contributed by atoms with van der Waals surface area (Å²) in [6.45, 7) is 0.943. The van der Waals surface area contributed by atoms with Gasteiger partial charge < -0.3 is 10.0 Å². The number of rotatable bonds is 3. The Hall–Kier alpha value is -0.820. The highest BCUT2D eigenvalue weighted by molar-refractivity contribution is 7.85. The lowest BCUT2D eigenvalue weighted by atomic mass is 10.00. The zero-order chi connectivity index (χ0) is 11.5. The molecule has 1 amide bonds. The molecular weight excluding hydrogens is 222 g/mol. The van der Waals surface area contributed by atoms with E-state index in [9.17, 15) is 13.2 Å². The van der Waals surface area contributed by atoms with Gasteiger partial charge in [0.05, 0.1) is 12.9 Å². The summed E-state index contributed by atoms with van der Waals surface area (Å²) in [7, 11) is -3.43. The van der Waals surface area contributed by atoms with E-state index in [1.807, 2.05) is 0 Å². The molecule has 0 aromatic heterocycles. The van der Waals surface area contributed by atoms with E-state index in [-0.39, 0.29) is 12.5 Å². The van der Waals surface area contributed by atoms with Gasteiger partial charge in [-0.1, -0.05) is 0 Å². The lowest BCUT2D eigenvalue weighted by molar-refractivity contribution is 0.106. The molecule has 7 heteroatoms. The zero-order valence-electron chi connectivity index (χ0n) is 8.55. The SMILES string of the molecule is CS(=O)(=O)OC[C@@H]1CCCN(C(=O)O)C1. The molecule has 1 atom stereocenters. The maximum atomic E-state index is 10.7. The molecule has 88 valence electrons. The third-order valence-corrected chi connectivity index (χ3v) is 2.87. The van der Waals surface area contributed by atoms with Crippen LogP contribution in [0, 0.1) is 5.92 Å². The predicted molar refractivity (Wildman–Crippen MR) is 53.1 cm³/mol. The van der Waals surface area contributed by atoms with Gasteiger partial charge in [0.25, 0.3) is 10.1 Å². The van der Waals surface area contributed by atoms with Gasteiger partial charge in [0, 0.05) is 19.0 Å². The van der Waals surface area contributed by atoms with Crippen molar-refractivity contribution >= 4 is 16.2 Å². The van der Waals surface area contributed by atoms with Crippen molar-refractivity contribution in [3.8, 4) is 0 Å². The van der Waals surface area contributed by atoms with E-state index < -0.39 is 16.2 Å². The van der Waals surface area contributed by atoms with Gasteiger partial charge in [-0.25, -0.2) is 4.79 Å². The molecule has 1 aliphatic heterocycles. The van der Waals surface area contributed by atoms with Crippen LogP contribution in [0.4, 0.5) is 4.79 Å². The van der Waals surface area contributed by atoms with Gasteiger partial charge in [0.2, 0.25) is 0 Å². The molecule has 1 fully saturated rings. The summed E-state index contributed by atoms with van der Waals surface area (Å²) in [5.74, 6) is -0.0235. The molecule has 1 N–H and O–H groups in total. The standard InChI is InChI=1S/C8H15NO5S/c1-15(12,13)14-6-7-3-2-4-9(5-7)8(10)11/h7H,2-6H2,1H3,(H,10,11)/t7-/m1/s1. The number of carboxylic acid groups (broad SMARTS) is 1. The van der Waals surface area contributed by atoms with Gasteiger partial charge in [0.1, 0.15) is 0 Å². The number of likely N-dealkylation sites (tertiary alicyclic amines) is 1. The van der Waals surface area contributed by atoms with Crippen molar-refractivity contribution < 1.29 is 22.5 Å². The number of carbonyl (C=O) groups is 1. The zero-order valence-corrected chi connectivity index (χ0v) is 9.37. The van der Waals surface area contributed by atoms with Crippen molar-refractivity contribution in [2.75, 3.05) is 26.0 Å². The molecule has 0 radical (unpaired) electrons. The Morgan fingerprint density at radius 1 is 1.60 bits per heavy atom. The summed E-state index contributed by atoms with van der Waals surface area (Å²) in [4.78, 5) is 12.0. The highest BCUT2D eigenvalue weighted by Crippen LogP contribution is 2.17. The monoisotopic (exact) mass is 237 g/mol. The molecule has 1 heterocycles. The minimum atomic E-state index is -3.43. The van der Waals surface area contributed by atoms with Gasteiger partial charge in [-0.05, 0) is 12.8 Å². The van der Waals surface area contributed by atoms with Crippen LogP contribution in [0.3, 0.4) is 0 Å². The van der Waals surface area contributed by atoms with Crippen LogP contribution in [-0.2, 0) is 14.3 Å². The molecule has 0 aliphatic carbocycles. The minimum Gasteiger partial charge on any atom is -0.465 e. The third kappa shape index (κ3) is 4.48. The first kappa shape index (κ1) is 12.3. The molecule has 0 bridgehead atoms. The second-order valence-electron chi connectivity index (χ2n) is 3.73. The molecule has 0 unspecified atom stereocenters. The van der Waals surface area contributed by atoms with Crippen molar-refractivity contribution in [2.45, 2.75) is 12.8 Å².